The molecule has 1 atom stereocenters. The van der Waals surface area contributed by atoms with E-state index in [0.29, 0.717) is 35.4 Å². The zero-order valence-electron chi connectivity index (χ0n) is 11.0. The van der Waals surface area contributed by atoms with E-state index in [0.717, 1.165) is 6.29 Å². The molecule has 6 nitrogen and oxygen atoms in total. The van der Waals surface area contributed by atoms with Crippen LogP contribution >= 0.6 is 0 Å². The number of carbonyl (C=O) groups excluding carboxylic acids is 3. The summed E-state index contributed by atoms with van der Waals surface area (Å²) >= 11 is 0. The molecule has 0 aliphatic rings. The zero-order chi connectivity index (χ0) is 14.5. The van der Waals surface area contributed by atoms with Gasteiger partial charge >= 0.3 is 0 Å². The quantitative estimate of drug-likeness (QED) is 0.811. The highest BCUT2D eigenvalue weighted by Crippen LogP contribution is 2.25. The number of imide groups is 1. The Kier molecular flexibility index (Phi) is 4.24. The fourth-order valence-electron chi connectivity index (χ4n) is 1.85. The smallest absolute Gasteiger partial charge is 0.226 e. The normalized spacial score (nSPS) is 12.1. The Morgan fingerprint density at radius 3 is 2.95 bits per heavy atom. The van der Waals surface area contributed by atoms with Crippen molar-refractivity contribution in [3.63, 3.8) is 0 Å². The topological polar surface area (TPSA) is 89.3 Å². The molecule has 6 heteroatoms. The summed E-state index contributed by atoms with van der Waals surface area (Å²) in [7, 11) is 0. The molecule has 0 aliphatic heterocycles. The number of hydrogen-bond acceptors (Lipinski definition) is 5. The standard InChI is InChI=1S/C14H14N2O4/c1-9(2-5-13(19)15-8-18)14-16-11-4-3-10(7-17)6-12(11)20-14/h3-4,6-9H,2,5H2,1H3,(H,15,18,19). The largest absolute Gasteiger partial charge is 0.440 e. The monoisotopic (exact) mass is 274 g/mol. The lowest BCUT2D eigenvalue weighted by molar-refractivity contribution is -0.125. The molecule has 0 aliphatic carbocycles. The molecule has 2 rings (SSSR count). The summed E-state index contributed by atoms with van der Waals surface area (Å²) in [5.41, 5.74) is 1.75. The molecule has 20 heavy (non-hydrogen) atoms. The minimum Gasteiger partial charge on any atom is -0.440 e. The van der Waals surface area contributed by atoms with Crippen LogP contribution in [0, 0.1) is 0 Å². The predicted octanol–water partition coefficient (Wildman–Crippen LogP) is 1.80. The zero-order valence-corrected chi connectivity index (χ0v) is 11.0. The third-order valence-corrected chi connectivity index (χ3v) is 3.01. The summed E-state index contributed by atoms with van der Waals surface area (Å²) < 4.78 is 5.59. The van der Waals surface area contributed by atoms with E-state index >= 15 is 0 Å². The van der Waals surface area contributed by atoms with Gasteiger partial charge in [0.1, 0.15) is 11.8 Å². The molecule has 0 saturated heterocycles. The van der Waals surface area contributed by atoms with E-state index in [2.05, 4.69) is 10.3 Å². The summed E-state index contributed by atoms with van der Waals surface area (Å²) in [6.07, 6.45) is 1.85. The van der Waals surface area contributed by atoms with Gasteiger partial charge in [-0.15, -0.1) is 0 Å². The number of aromatic nitrogens is 1. The number of benzene rings is 1. The van der Waals surface area contributed by atoms with Gasteiger partial charge in [-0.05, 0) is 24.6 Å². The Bertz CT molecular complexity index is 648. The number of rotatable bonds is 6. The van der Waals surface area contributed by atoms with Crippen LogP contribution in [-0.2, 0) is 9.59 Å². The predicted molar refractivity (Wildman–Crippen MR) is 71.3 cm³/mol. The number of oxazole rings is 1. The molecule has 0 bridgehead atoms. The fourth-order valence-corrected chi connectivity index (χ4v) is 1.85. The number of carbonyl (C=O) groups is 3. The minimum atomic E-state index is -0.328. The van der Waals surface area contributed by atoms with Crippen molar-refractivity contribution in [3.05, 3.63) is 29.7 Å². The SMILES string of the molecule is CC(CCC(=O)NC=O)c1nc2ccc(C=O)cc2o1. The van der Waals surface area contributed by atoms with Gasteiger partial charge in [-0.25, -0.2) is 4.98 Å². The van der Waals surface area contributed by atoms with Crippen LogP contribution in [0.15, 0.2) is 22.6 Å². The summed E-state index contributed by atoms with van der Waals surface area (Å²) in [4.78, 5) is 36.3. The molecule has 104 valence electrons. The molecule has 1 aromatic carbocycles. The first-order chi connectivity index (χ1) is 9.63. The van der Waals surface area contributed by atoms with Gasteiger partial charge in [0.2, 0.25) is 12.3 Å². The van der Waals surface area contributed by atoms with Gasteiger partial charge in [0, 0.05) is 17.9 Å². The lowest BCUT2D eigenvalue weighted by atomic mass is 10.1. The van der Waals surface area contributed by atoms with Crippen LogP contribution in [0.1, 0.15) is 41.9 Å². The van der Waals surface area contributed by atoms with Crippen molar-refractivity contribution in [3.8, 4) is 0 Å². The first-order valence-corrected chi connectivity index (χ1v) is 6.22. The van der Waals surface area contributed by atoms with Gasteiger partial charge < -0.3 is 4.42 Å². The second-order valence-electron chi connectivity index (χ2n) is 4.52. The van der Waals surface area contributed by atoms with E-state index in [1.807, 2.05) is 6.92 Å². The third-order valence-electron chi connectivity index (χ3n) is 3.01. The first kappa shape index (κ1) is 13.9. The number of hydrogen-bond donors (Lipinski definition) is 1. The number of nitrogens with zero attached hydrogens (tertiary/aromatic N) is 1. The number of nitrogens with one attached hydrogen (secondary N) is 1. The molecular weight excluding hydrogens is 260 g/mol. The van der Waals surface area contributed by atoms with E-state index in [4.69, 9.17) is 4.42 Å². The maximum absolute atomic E-state index is 11.2. The Balaban J connectivity index is 2.10. The Labute approximate surface area is 115 Å². The molecule has 0 fully saturated rings. The molecule has 0 radical (unpaired) electrons. The molecule has 0 spiro atoms. The summed E-state index contributed by atoms with van der Waals surface area (Å²) in [6, 6.07) is 5.02. The third kappa shape index (κ3) is 3.09. The highest BCUT2D eigenvalue weighted by molar-refractivity contribution is 5.85. The Hall–Kier alpha value is -2.50. The highest BCUT2D eigenvalue weighted by Gasteiger charge is 2.15. The number of amides is 2. The molecule has 2 aromatic rings. The summed E-state index contributed by atoms with van der Waals surface area (Å²) in [5.74, 6) is 0.132. The molecule has 1 unspecified atom stereocenters. The molecule has 1 N–H and O–H groups in total. The van der Waals surface area contributed by atoms with Crippen LogP contribution in [0.25, 0.3) is 11.1 Å². The van der Waals surface area contributed by atoms with E-state index in [-0.39, 0.29) is 18.2 Å². The second-order valence-corrected chi connectivity index (χ2v) is 4.52. The molecular formula is C14H14N2O4. The first-order valence-electron chi connectivity index (χ1n) is 6.22. The maximum Gasteiger partial charge on any atom is 0.226 e. The van der Waals surface area contributed by atoms with Gasteiger partial charge in [-0.3, -0.25) is 19.7 Å². The fraction of sp³-hybridized carbons (Fsp3) is 0.286. The van der Waals surface area contributed by atoms with Gasteiger partial charge in [-0.1, -0.05) is 6.92 Å². The van der Waals surface area contributed by atoms with E-state index in [1.54, 1.807) is 18.2 Å². The lowest BCUT2D eigenvalue weighted by Crippen LogP contribution is -2.21. The van der Waals surface area contributed by atoms with Crippen molar-refractivity contribution in [1.29, 1.82) is 0 Å². The van der Waals surface area contributed by atoms with Crippen molar-refractivity contribution in [2.75, 3.05) is 0 Å². The second kappa shape index (κ2) is 6.10. The van der Waals surface area contributed by atoms with E-state index in [1.165, 1.54) is 0 Å². The molecule has 1 heterocycles. The maximum atomic E-state index is 11.2. The number of fused-ring (bicyclic) bond motifs is 1. The van der Waals surface area contributed by atoms with Crippen LogP contribution in [-0.4, -0.2) is 23.6 Å². The molecule has 2 amide bonds. The summed E-state index contributed by atoms with van der Waals surface area (Å²) in [5, 5.41) is 2.08. The van der Waals surface area contributed by atoms with Gasteiger partial charge in [-0.2, -0.15) is 0 Å². The Morgan fingerprint density at radius 1 is 1.45 bits per heavy atom. The summed E-state index contributed by atoms with van der Waals surface area (Å²) in [6.45, 7) is 1.89. The molecule has 0 saturated carbocycles. The van der Waals surface area contributed by atoms with Crippen molar-refractivity contribution >= 4 is 29.7 Å². The van der Waals surface area contributed by atoms with Crippen LogP contribution in [0.5, 0.6) is 0 Å². The van der Waals surface area contributed by atoms with E-state index in [9.17, 15) is 14.4 Å². The highest BCUT2D eigenvalue weighted by atomic mass is 16.3. The number of aldehydes is 1. The lowest BCUT2D eigenvalue weighted by Gasteiger charge is -2.05. The van der Waals surface area contributed by atoms with Crippen molar-refractivity contribution in [1.82, 2.24) is 10.3 Å². The van der Waals surface area contributed by atoms with E-state index < -0.39 is 0 Å². The average molecular weight is 274 g/mol. The minimum absolute atomic E-state index is 0.0560. The van der Waals surface area contributed by atoms with Gasteiger partial charge in [0.05, 0.1) is 0 Å². The van der Waals surface area contributed by atoms with Crippen LogP contribution in [0.2, 0.25) is 0 Å². The Morgan fingerprint density at radius 2 is 2.25 bits per heavy atom. The van der Waals surface area contributed by atoms with Crippen molar-refractivity contribution in [2.24, 2.45) is 0 Å². The van der Waals surface area contributed by atoms with Crippen LogP contribution < -0.4 is 5.32 Å². The average Bonchev–Trinajstić information content (AvgIpc) is 2.87. The van der Waals surface area contributed by atoms with Crippen molar-refractivity contribution in [2.45, 2.75) is 25.7 Å². The molecule has 1 aromatic heterocycles. The van der Waals surface area contributed by atoms with Crippen molar-refractivity contribution < 1.29 is 18.8 Å². The van der Waals surface area contributed by atoms with Gasteiger partial charge in [0.25, 0.3) is 0 Å². The van der Waals surface area contributed by atoms with Crippen LogP contribution in [0.4, 0.5) is 0 Å². The van der Waals surface area contributed by atoms with Gasteiger partial charge in [0.15, 0.2) is 11.5 Å². The van der Waals surface area contributed by atoms with Crippen LogP contribution in [0.3, 0.4) is 0 Å².